The first-order valence-electron chi connectivity index (χ1n) is 11.2. The minimum Gasteiger partial charge on any atom is -0.489 e. The van der Waals surface area contributed by atoms with Crippen LogP contribution in [-0.4, -0.2) is 26.3 Å². The molecule has 176 valence electrons. The highest BCUT2D eigenvalue weighted by atomic mass is 35.5. The van der Waals surface area contributed by atoms with E-state index in [2.05, 4.69) is 4.98 Å². The summed E-state index contributed by atoms with van der Waals surface area (Å²) in [4.78, 5) is 30.2. The van der Waals surface area contributed by atoms with Crippen LogP contribution in [0.4, 0.5) is 0 Å². The van der Waals surface area contributed by atoms with E-state index in [0.717, 1.165) is 56.8 Å². The summed E-state index contributed by atoms with van der Waals surface area (Å²) < 4.78 is 10.0. The van der Waals surface area contributed by atoms with Crippen LogP contribution >= 0.6 is 22.9 Å². The monoisotopic (exact) mass is 496 g/mol. The maximum Gasteiger partial charge on any atom is 0.331 e. The molecular weight excluding hydrogens is 472 g/mol. The molecule has 1 aromatic carbocycles. The van der Waals surface area contributed by atoms with Crippen LogP contribution in [-0.2, 0) is 13.6 Å². The standard InChI is InChI=1S/C25H25ClN4O3S/c1-14-9-15(26)10-20(23(14)33-17-4-3-16(27)11-17)19-5-7-28-21-12-18(34-24(19)21)13-30-22(31)6-8-29(2)25(30)32/h5-10,12,16-17H,3-4,11,13,27H2,1-2H3/t16-,17-/m1/s1. The summed E-state index contributed by atoms with van der Waals surface area (Å²) in [5.74, 6) is 0.805. The van der Waals surface area contributed by atoms with Crippen LogP contribution in [0.2, 0.25) is 5.02 Å². The summed E-state index contributed by atoms with van der Waals surface area (Å²) in [5, 5.41) is 0.629. The highest BCUT2D eigenvalue weighted by molar-refractivity contribution is 7.19. The number of benzene rings is 1. The lowest BCUT2D eigenvalue weighted by Crippen LogP contribution is -2.37. The SMILES string of the molecule is Cc1cc(Cl)cc(-c2ccnc3cc(Cn4c(=O)ccn(C)c4=O)sc23)c1O[C@@H]1CC[C@@H](N)C1. The van der Waals surface area contributed by atoms with Gasteiger partial charge in [0.2, 0.25) is 0 Å². The van der Waals surface area contributed by atoms with Gasteiger partial charge in [0.15, 0.2) is 0 Å². The predicted octanol–water partition coefficient (Wildman–Crippen LogP) is 4.09. The van der Waals surface area contributed by atoms with Crippen molar-refractivity contribution >= 4 is 33.2 Å². The number of fused-ring (bicyclic) bond motifs is 1. The number of pyridine rings is 1. The van der Waals surface area contributed by atoms with Crippen molar-refractivity contribution in [1.82, 2.24) is 14.1 Å². The van der Waals surface area contributed by atoms with Gasteiger partial charge >= 0.3 is 5.69 Å². The zero-order chi connectivity index (χ0) is 24.0. The number of hydrogen-bond acceptors (Lipinski definition) is 6. The Kier molecular flexibility index (Phi) is 6.06. The van der Waals surface area contributed by atoms with Crippen molar-refractivity contribution in [2.75, 3.05) is 0 Å². The Labute approximate surface area is 205 Å². The number of halogens is 1. The van der Waals surface area contributed by atoms with Crippen molar-refractivity contribution in [3.05, 3.63) is 79.0 Å². The lowest BCUT2D eigenvalue weighted by atomic mass is 10.0. The minimum atomic E-state index is -0.353. The highest BCUT2D eigenvalue weighted by Crippen LogP contribution is 2.42. The fraction of sp³-hybridized carbons (Fsp3) is 0.320. The molecule has 0 radical (unpaired) electrons. The van der Waals surface area contributed by atoms with Crippen LogP contribution in [0.3, 0.4) is 0 Å². The van der Waals surface area contributed by atoms with E-state index in [1.165, 1.54) is 32.7 Å². The molecule has 0 saturated heterocycles. The number of aryl methyl sites for hydroxylation is 2. The fourth-order valence-electron chi connectivity index (χ4n) is 4.53. The van der Waals surface area contributed by atoms with E-state index in [1.54, 1.807) is 13.2 Å². The first kappa shape index (κ1) is 22.8. The van der Waals surface area contributed by atoms with Gasteiger partial charge in [-0.3, -0.25) is 14.3 Å². The van der Waals surface area contributed by atoms with Gasteiger partial charge in [0, 0.05) is 52.6 Å². The molecule has 4 aromatic rings. The van der Waals surface area contributed by atoms with Gasteiger partial charge in [0.25, 0.3) is 5.56 Å². The van der Waals surface area contributed by atoms with E-state index in [0.29, 0.717) is 5.02 Å². The van der Waals surface area contributed by atoms with Crippen LogP contribution in [0.5, 0.6) is 5.75 Å². The summed E-state index contributed by atoms with van der Waals surface area (Å²) in [6, 6.07) is 9.27. The van der Waals surface area contributed by atoms with E-state index >= 15 is 0 Å². The van der Waals surface area contributed by atoms with E-state index in [-0.39, 0.29) is 29.9 Å². The third-order valence-electron chi connectivity index (χ3n) is 6.26. The van der Waals surface area contributed by atoms with E-state index in [1.807, 2.05) is 31.2 Å². The number of nitrogens with zero attached hydrogens (tertiary/aromatic N) is 3. The number of rotatable bonds is 5. The van der Waals surface area contributed by atoms with Gasteiger partial charge in [-0.25, -0.2) is 4.79 Å². The van der Waals surface area contributed by atoms with Crippen molar-refractivity contribution < 1.29 is 4.74 Å². The number of thiophene rings is 1. The molecule has 2 N–H and O–H groups in total. The number of hydrogen-bond donors (Lipinski definition) is 1. The molecule has 9 heteroatoms. The smallest absolute Gasteiger partial charge is 0.331 e. The Morgan fingerprint density at radius 3 is 2.79 bits per heavy atom. The lowest BCUT2D eigenvalue weighted by Gasteiger charge is -2.20. The maximum atomic E-state index is 12.5. The van der Waals surface area contributed by atoms with Gasteiger partial charge in [-0.1, -0.05) is 11.6 Å². The molecule has 0 spiro atoms. The topological polar surface area (TPSA) is 92.1 Å². The summed E-state index contributed by atoms with van der Waals surface area (Å²) in [6.45, 7) is 2.18. The molecule has 7 nitrogen and oxygen atoms in total. The molecule has 34 heavy (non-hydrogen) atoms. The normalized spacial score (nSPS) is 18.0. The first-order chi connectivity index (χ1) is 16.3. The van der Waals surface area contributed by atoms with Crippen LogP contribution in [0, 0.1) is 6.92 Å². The summed E-state index contributed by atoms with van der Waals surface area (Å²) in [6.07, 6.45) is 6.03. The first-order valence-corrected chi connectivity index (χ1v) is 12.4. The third-order valence-corrected chi connectivity index (χ3v) is 7.62. The predicted molar refractivity (Wildman–Crippen MR) is 136 cm³/mol. The molecule has 1 saturated carbocycles. The van der Waals surface area contributed by atoms with Crippen LogP contribution in [0.25, 0.3) is 21.3 Å². The van der Waals surface area contributed by atoms with E-state index in [9.17, 15) is 9.59 Å². The average Bonchev–Trinajstić information content (AvgIpc) is 3.40. The molecule has 0 amide bonds. The Balaban J connectivity index is 1.59. The minimum absolute atomic E-state index is 0.0750. The number of aromatic nitrogens is 3. The van der Waals surface area contributed by atoms with Crippen LogP contribution in [0.15, 0.2) is 52.3 Å². The average molecular weight is 497 g/mol. The molecule has 0 unspecified atom stereocenters. The van der Waals surface area contributed by atoms with Gasteiger partial charge in [0.1, 0.15) is 11.9 Å². The fourth-order valence-corrected chi connectivity index (χ4v) is 5.93. The largest absolute Gasteiger partial charge is 0.489 e. The van der Waals surface area contributed by atoms with Crippen LogP contribution < -0.4 is 21.7 Å². The Hall–Kier alpha value is -2.94. The van der Waals surface area contributed by atoms with Crippen molar-refractivity contribution in [3.63, 3.8) is 0 Å². The van der Waals surface area contributed by atoms with Gasteiger partial charge in [0.05, 0.1) is 16.8 Å². The number of nitrogens with two attached hydrogens (primary N) is 1. The molecule has 0 aliphatic heterocycles. The van der Waals surface area contributed by atoms with E-state index < -0.39 is 0 Å². The van der Waals surface area contributed by atoms with Gasteiger partial charge in [-0.2, -0.15) is 0 Å². The molecule has 0 bridgehead atoms. The van der Waals surface area contributed by atoms with Crippen molar-refractivity contribution in [3.8, 4) is 16.9 Å². The van der Waals surface area contributed by atoms with Crippen molar-refractivity contribution in [2.24, 2.45) is 12.8 Å². The second-order valence-corrected chi connectivity index (χ2v) is 10.4. The second-order valence-electron chi connectivity index (χ2n) is 8.83. The molecular formula is C25H25ClN4O3S. The zero-order valence-corrected chi connectivity index (χ0v) is 20.5. The molecule has 3 aromatic heterocycles. The van der Waals surface area contributed by atoms with Gasteiger partial charge < -0.3 is 15.0 Å². The Morgan fingerprint density at radius 2 is 2.03 bits per heavy atom. The van der Waals surface area contributed by atoms with Crippen LogP contribution in [0.1, 0.15) is 29.7 Å². The Morgan fingerprint density at radius 1 is 1.21 bits per heavy atom. The maximum absolute atomic E-state index is 12.5. The number of ether oxygens (including phenoxy) is 1. The Bertz CT molecular complexity index is 1510. The quantitative estimate of drug-likeness (QED) is 0.449. The lowest BCUT2D eigenvalue weighted by molar-refractivity contribution is 0.208. The second kappa shape index (κ2) is 9.02. The third kappa shape index (κ3) is 4.29. The highest BCUT2D eigenvalue weighted by Gasteiger charge is 2.26. The molecule has 3 heterocycles. The summed E-state index contributed by atoms with van der Waals surface area (Å²) in [7, 11) is 1.63. The molecule has 5 rings (SSSR count). The van der Waals surface area contributed by atoms with Crippen molar-refractivity contribution in [1.29, 1.82) is 0 Å². The van der Waals surface area contributed by atoms with Crippen molar-refractivity contribution in [2.45, 2.75) is 44.9 Å². The van der Waals surface area contributed by atoms with Gasteiger partial charge in [-0.05, 0) is 56.0 Å². The zero-order valence-electron chi connectivity index (χ0n) is 19.0. The molecule has 1 aliphatic carbocycles. The molecule has 1 fully saturated rings. The summed E-state index contributed by atoms with van der Waals surface area (Å²) in [5.41, 5.74) is 9.04. The van der Waals surface area contributed by atoms with E-state index in [4.69, 9.17) is 22.1 Å². The summed E-state index contributed by atoms with van der Waals surface area (Å²) >= 11 is 7.97. The van der Waals surface area contributed by atoms with Gasteiger partial charge in [-0.15, -0.1) is 11.3 Å². The molecule has 1 aliphatic rings. The molecule has 2 atom stereocenters.